The standard InChI is InChI=1S/C60H45NSi.C30H23ClSi.C30H23N.FH/c1-8-22-46(23-9-1)51-44-58(49-24-10-2-11-25-49)60(59(45-51)50-26-12-3-13-27-50)61(52-28-14-4-15-29-52)53-40-36-47(37-41-53)48-38-42-57(43-39-48)62(54-30-16-5-17-31-54,55-32-18-6-19-33-55)56-34-20-7-21-35-56;31-26-20-16-24(17-21-26)25-18-22-30(23-19-25)32(27-10-4-1-5-11-27,28-12-6-2-7-13-28)29-14-8-3-9-15-29;1-5-13-23(14-6-1)26-21-28(24-15-7-2-8-16-24)30(31-27-19-11-4-12-20-27)29(22-26)25-17-9-3-10-18-25;/h1-45H;1-23H;1-22,31H;1H. The lowest BCUT2D eigenvalue weighted by Gasteiger charge is -2.34. The van der Waals surface area contributed by atoms with Crippen LogP contribution < -0.4 is 51.7 Å². The largest absolute Gasteiger partial charge is 0.355 e. The molecule has 604 valence electrons. The highest BCUT2D eigenvalue weighted by Crippen LogP contribution is 2.50. The van der Waals surface area contributed by atoms with Crippen LogP contribution in [-0.4, -0.2) is 16.1 Å². The van der Waals surface area contributed by atoms with Crippen molar-refractivity contribution in [3.63, 3.8) is 0 Å². The van der Waals surface area contributed by atoms with Crippen molar-refractivity contribution in [3.05, 3.63) is 551 Å². The molecule has 0 aliphatic rings. The van der Waals surface area contributed by atoms with E-state index in [0.717, 1.165) is 55.7 Å². The van der Waals surface area contributed by atoms with Gasteiger partial charge in [-0.2, -0.15) is 0 Å². The zero-order valence-corrected chi connectivity index (χ0v) is 72.5. The second kappa shape index (κ2) is 39.7. The Kier molecular flexibility index (Phi) is 26.1. The smallest absolute Gasteiger partial charge is 0.179 e. The van der Waals surface area contributed by atoms with Gasteiger partial charge in [0.05, 0.1) is 11.4 Å². The van der Waals surface area contributed by atoms with Gasteiger partial charge in [0.1, 0.15) is 0 Å². The highest BCUT2D eigenvalue weighted by molar-refractivity contribution is 7.20. The Hall–Kier alpha value is -15.3. The number of halogens is 2. The predicted molar refractivity (Wildman–Crippen MR) is 542 cm³/mol. The van der Waals surface area contributed by atoms with Gasteiger partial charge in [-0.1, -0.05) is 485 Å². The lowest BCUT2D eigenvalue weighted by molar-refractivity contribution is 1.11. The molecule has 20 aromatic rings. The average Bonchev–Trinajstić information content (AvgIpc) is 0.739. The molecule has 0 heterocycles. The molecule has 0 aliphatic carbocycles. The lowest BCUT2D eigenvalue weighted by atomic mass is 9.90. The average molecular weight is 1670 g/mol. The van der Waals surface area contributed by atoms with E-state index in [4.69, 9.17) is 11.6 Å². The van der Waals surface area contributed by atoms with Gasteiger partial charge in [0.2, 0.25) is 0 Å². The minimum Gasteiger partial charge on any atom is -0.355 e. The highest BCUT2D eigenvalue weighted by atomic mass is 35.5. The first kappa shape index (κ1) is 82.9. The summed E-state index contributed by atoms with van der Waals surface area (Å²) in [6.07, 6.45) is 0. The molecule has 0 fully saturated rings. The maximum absolute atomic E-state index is 6.09. The molecule has 0 radical (unpaired) electrons. The molecule has 0 unspecified atom stereocenters. The van der Waals surface area contributed by atoms with Crippen LogP contribution in [0.3, 0.4) is 0 Å². The molecule has 126 heavy (non-hydrogen) atoms. The molecule has 0 amide bonds. The summed E-state index contributed by atoms with van der Waals surface area (Å²) in [5.74, 6) is 0. The van der Waals surface area contributed by atoms with E-state index in [9.17, 15) is 0 Å². The summed E-state index contributed by atoms with van der Waals surface area (Å²) >= 11 is 6.09. The summed E-state index contributed by atoms with van der Waals surface area (Å²) in [6.45, 7) is 0. The fourth-order valence-corrected chi connectivity index (χ4v) is 27.3. The normalized spacial score (nSPS) is 11.0. The monoisotopic (exact) mass is 1670 g/mol. The van der Waals surface area contributed by atoms with Crippen molar-refractivity contribution >= 4 is 97.7 Å². The van der Waals surface area contributed by atoms with Gasteiger partial charge in [0, 0.05) is 44.3 Å². The third-order valence-corrected chi connectivity index (χ3v) is 33.4. The van der Waals surface area contributed by atoms with Crippen molar-refractivity contribution in [1.82, 2.24) is 0 Å². The second-order valence-corrected chi connectivity index (χ2v) is 39.2. The van der Waals surface area contributed by atoms with Crippen LogP contribution in [-0.2, 0) is 0 Å². The van der Waals surface area contributed by atoms with Crippen molar-refractivity contribution in [3.8, 4) is 89.0 Å². The Labute approximate surface area is 747 Å². The van der Waals surface area contributed by atoms with Crippen LogP contribution in [0.5, 0.6) is 0 Å². The van der Waals surface area contributed by atoms with E-state index in [-0.39, 0.29) is 4.70 Å². The summed E-state index contributed by atoms with van der Waals surface area (Å²) in [7, 11) is -5.08. The number of nitrogens with zero attached hydrogens (tertiary/aromatic N) is 1. The molecule has 0 aliphatic heterocycles. The molecule has 0 bridgehead atoms. The number of nitrogens with one attached hydrogen (secondary N) is 1. The molecular formula is C120H92ClFN2Si2. The molecule has 0 saturated heterocycles. The van der Waals surface area contributed by atoms with Gasteiger partial charge >= 0.3 is 0 Å². The van der Waals surface area contributed by atoms with Gasteiger partial charge < -0.3 is 10.2 Å². The molecule has 1 N–H and O–H groups in total. The third-order valence-electron chi connectivity index (χ3n) is 23.6. The Balaban J connectivity index is 0.000000147. The van der Waals surface area contributed by atoms with E-state index in [1.807, 2.05) is 18.2 Å². The molecule has 0 atom stereocenters. The number of hydrogen-bond acceptors (Lipinski definition) is 2. The molecule has 0 spiro atoms. The van der Waals surface area contributed by atoms with Crippen molar-refractivity contribution in [2.24, 2.45) is 0 Å². The molecule has 0 saturated carbocycles. The van der Waals surface area contributed by atoms with Crippen LogP contribution in [0, 0.1) is 0 Å². The van der Waals surface area contributed by atoms with Crippen LogP contribution >= 0.6 is 11.6 Å². The van der Waals surface area contributed by atoms with E-state index >= 15 is 0 Å². The predicted octanol–water partition coefficient (Wildman–Crippen LogP) is 27.2. The van der Waals surface area contributed by atoms with Gasteiger partial charge in [-0.15, -0.1) is 0 Å². The van der Waals surface area contributed by atoms with Crippen molar-refractivity contribution in [1.29, 1.82) is 0 Å². The summed E-state index contributed by atoms with van der Waals surface area (Å²) < 4.78 is 0. The fourth-order valence-electron chi connectivity index (χ4n) is 17.7. The van der Waals surface area contributed by atoms with E-state index in [1.54, 1.807) is 0 Å². The summed E-state index contributed by atoms with van der Waals surface area (Å²) in [5, 5.41) is 15.5. The van der Waals surface area contributed by atoms with Crippen LogP contribution in [0.15, 0.2) is 546 Å². The van der Waals surface area contributed by atoms with Crippen molar-refractivity contribution in [2.75, 3.05) is 10.2 Å². The maximum atomic E-state index is 6.09. The highest BCUT2D eigenvalue weighted by Gasteiger charge is 2.43. The Morgan fingerprint density at radius 2 is 0.373 bits per heavy atom. The molecular weight excluding hydrogens is 1580 g/mol. The van der Waals surface area contributed by atoms with Gasteiger partial charge in [0.15, 0.2) is 16.1 Å². The van der Waals surface area contributed by atoms with E-state index in [1.165, 1.54) is 108 Å². The minimum absolute atomic E-state index is 0. The lowest BCUT2D eigenvalue weighted by Crippen LogP contribution is -2.74. The molecule has 6 heteroatoms. The topological polar surface area (TPSA) is 15.3 Å². The van der Waals surface area contributed by atoms with E-state index < -0.39 is 16.1 Å². The quantitative estimate of drug-likeness (QED) is 0.0570. The summed E-state index contributed by atoms with van der Waals surface area (Å²) in [5.41, 5.74) is 24.4. The number of benzene rings is 20. The Bertz CT molecular complexity index is 6490. The number of anilines is 5. The van der Waals surface area contributed by atoms with Gasteiger partial charge in [-0.25, -0.2) is 0 Å². The molecule has 2 nitrogen and oxygen atoms in total. The van der Waals surface area contributed by atoms with Crippen molar-refractivity contribution < 1.29 is 4.70 Å². The SMILES string of the molecule is Clc1ccc(-c2ccc([Si](c3ccccc3)(c3ccccc3)c3ccccc3)cc2)cc1.F.c1ccc(-c2cc(-c3ccccc3)c(N(c3ccccc3)c3ccc(-c4ccc([Si](c5ccccc5)(c5ccccc5)c5ccccc5)cc4)cc3)c(-c3ccccc3)c2)cc1.c1ccc(Nc2c(-c3ccccc3)cc(-c3ccccc3)cc2-c2ccccc2)cc1. The van der Waals surface area contributed by atoms with Crippen LogP contribution in [0.1, 0.15) is 0 Å². The van der Waals surface area contributed by atoms with Crippen LogP contribution in [0.2, 0.25) is 5.02 Å². The first-order valence-corrected chi connectivity index (χ1v) is 47.1. The zero-order chi connectivity index (χ0) is 84.2. The first-order chi connectivity index (χ1) is 61.9. The molecule has 0 aromatic heterocycles. The van der Waals surface area contributed by atoms with Gasteiger partial charge in [-0.3, -0.25) is 4.70 Å². The number of hydrogen-bond donors (Lipinski definition) is 1. The van der Waals surface area contributed by atoms with E-state index in [0.29, 0.717) is 0 Å². The number of para-hydroxylation sites is 2. The van der Waals surface area contributed by atoms with Crippen LogP contribution in [0.25, 0.3) is 89.0 Å². The van der Waals surface area contributed by atoms with Crippen molar-refractivity contribution in [2.45, 2.75) is 0 Å². The van der Waals surface area contributed by atoms with Crippen LogP contribution in [0.4, 0.5) is 33.1 Å². The van der Waals surface area contributed by atoms with Gasteiger partial charge in [0.25, 0.3) is 0 Å². The fraction of sp³-hybridized carbons (Fsp3) is 0. The maximum Gasteiger partial charge on any atom is 0.179 e. The molecule has 20 aromatic carbocycles. The second-order valence-electron chi connectivity index (χ2n) is 31.1. The third kappa shape index (κ3) is 18.0. The Morgan fingerprint density at radius 1 is 0.175 bits per heavy atom. The summed E-state index contributed by atoms with van der Waals surface area (Å²) in [6, 6.07) is 197. The first-order valence-electron chi connectivity index (χ1n) is 42.7. The summed E-state index contributed by atoms with van der Waals surface area (Å²) in [4.78, 5) is 2.44. The van der Waals surface area contributed by atoms with Gasteiger partial charge in [-0.05, 0) is 181 Å². The minimum atomic E-state index is -2.62. The number of rotatable bonds is 21. The zero-order valence-electron chi connectivity index (χ0n) is 69.7. The molecule has 20 rings (SSSR count). The van der Waals surface area contributed by atoms with E-state index in [2.05, 4.69) is 538 Å². The Morgan fingerprint density at radius 3 is 0.659 bits per heavy atom.